The average molecular weight is 228 g/mol. The number of carbonyl (C=O) groups excluding carboxylic acids is 1. The van der Waals surface area contributed by atoms with E-state index in [9.17, 15) is 9.59 Å². The molecule has 0 radical (unpaired) electrons. The van der Waals surface area contributed by atoms with Gasteiger partial charge in [-0.15, -0.1) is 0 Å². The van der Waals surface area contributed by atoms with Gasteiger partial charge in [0.15, 0.2) is 0 Å². The van der Waals surface area contributed by atoms with Crippen molar-refractivity contribution in [2.75, 3.05) is 26.2 Å². The van der Waals surface area contributed by atoms with Gasteiger partial charge < -0.3 is 14.9 Å². The standard InChI is InChI=1S/C11H20N2O3/c1-2-3-6-12-7-4-8-13(11(12)16)9-5-10(14)15/h2-9H2,1H3,(H,14,15). The molecular weight excluding hydrogens is 208 g/mol. The molecule has 1 aliphatic heterocycles. The van der Waals surface area contributed by atoms with Crippen molar-refractivity contribution >= 4 is 12.0 Å². The van der Waals surface area contributed by atoms with E-state index < -0.39 is 5.97 Å². The number of carboxylic acid groups (broad SMARTS) is 1. The molecule has 2 amide bonds. The molecule has 1 saturated heterocycles. The summed E-state index contributed by atoms with van der Waals surface area (Å²) < 4.78 is 0. The number of unbranched alkanes of at least 4 members (excludes halogenated alkanes) is 1. The number of hydrogen-bond donors (Lipinski definition) is 1. The molecule has 1 fully saturated rings. The van der Waals surface area contributed by atoms with Crippen LogP contribution in [0.15, 0.2) is 0 Å². The molecule has 0 saturated carbocycles. The SMILES string of the molecule is CCCCN1CCCN(CCC(=O)O)C1=O. The Balaban J connectivity index is 2.40. The fourth-order valence-corrected chi connectivity index (χ4v) is 1.84. The van der Waals surface area contributed by atoms with Gasteiger partial charge in [-0.2, -0.15) is 0 Å². The number of urea groups is 1. The van der Waals surface area contributed by atoms with Gasteiger partial charge in [-0.25, -0.2) is 4.79 Å². The highest BCUT2D eigenvalue weighted by Gasteiger charge is 2.24. The van der Waals surface area contributed by atoms with Gasteiger partial charge in [0.25, 0.3) is 0 Å². The lowest BCUT2D eigenvalue weighted by atomic mass is 10.2. The predicted octanol–water partition coefficient (Wildman–Crippen LogP) is 1.39. The lowest BCUT2D eigenvalue weighted by Gasteiger charge is -2.35. The number of carboxylic acids is 1. The molecule has 5 nitrogen and oxygen atoms in total. The summed E-state index contributed by atoms with van der Waals surface area (Å²) in [6.45, 7) is 4.71. The van der Waals surface area contributed by atoms with Crippen molar-refractivity contribution < 1.29 is 14.7 Å². The fraction of sp³-hybridized carbons (Fsp3) is 0.818. The molecule has 16 heavy (non-hydrogen) atoms. The zero-order valence-electron chi connectivity index (χ0n) is 9.81. The van der Waals surface area contributed by atoms with Gasteiger partial charge in [-0.05, 0) is 12.8 Å². The van der Waals surface area contributed by atoms with Gasteiger partial charge in [-0.3, -0.25) is 4.79 Å². The van der Waals surface area contributed by atoms with Gasteiger partial charge in [-0.1, -0.05) is 13.3 Å². The molecule has 0 aliphatic carbocycles. The largest absolute Gasteiger partial charge is 0.481 e. The quantitative estimate of drug-likeness (QED) is 0.747. The van der Waals surface area contributed by atoms with Crippen LogP contribution in [0.3, 0.4) is 0 Å². The van der Waals surface area contributed by atoms with E-state index in [2.05, 4.69) is 6.92 Å². The maximum absolute atomic E-state index is 11.9. The summed E-state index contributed by atoms with van der Waals surface area (Å²) in [6.07, 6.45) is 3.06. The number of amides is 2. The van der Waals surface area contributed by atoms with E-state index in [4.69, 9.17) is 5.11 Å². The normalized spacial score (nSPS) is 16.7. The zero-order valence-corrected chi connectivity index (χ0v) is 9.81. The molecule has 0 aromatic carbocycles. The van der Waals surface area contributed by atoms with E-state index in [-0.39, 0.29) is 12.5 Å². The van der Waals surface area contributed by atoms with Crippen LogP contribution in [-0.2, 0) is 4.79 Å². The first-order valence-corrected chi connectivity index (χ1v) is 5.90. The van der Waals surface area contributed by atoms with E-state index in [0.29, 0.717) is 13.1 Å². The van der Waals surface area contributed by atoms with Gasteiger partial charge in [0.2, 0.25) is 0 Å². The predicted molar refractivity (Wildman–Crippen MR) is 60.3 cm³/mol. The minimum absolute atomic E-state index is 0.000880. The molecule has 92 valence electrons. The number of carbonyl (C=O) groups is 2. The highest BCUT2D eigenvalue weighted by Crippen LogP contribution is 2.10. The van der Waals surface area contributed by atoms with Gasteiger partial charge in [0.1, 0.15) is 0 Å². The first-order chi connectivity index (χ1) is 7.65. The summed E-state index contributed by atoms with van der Waals surface area (Å²) >= 11 is 0. The minimum Gasteiger partial charge on any atom is -0.481 e. The third kappa shape index (κ3) is 3.72. The van der Waals surface area contributed by atoms with Gasteiger partial charge in [0, 0.05) is 26.2 Å². The van der Waals surface area contributed by atoms with Gasteiger partial charge >= 0.3 is 12.0 Å². The molecule has 0 unspecified atom stereocenters. The number of hydrogen-bond acceptors (Lipinski definition) is 2. The molecule has 1 heterocycles. The first kappa shape index (κ1) is 12.8. The van der Waals surface area contributed by atoms with E-state index in [1.54, 1.807) is 4.90 Å². The van der Waals surface area contributed by atoms with E-state index in [1.807, 2.05) is 4.90 Å². The Bertz CT molecular complexity index is 256. The topological polar surface area (TPSA) is 60.9 Å². The highest BCUT2D eigenvalue weighted by atomic mass is 16.4. The molecule has 1 aliphatic rings. The zero-order chi connectivity index (χ0) is 12.0. The summed E-state index contributed by atoms with van der Waals surface area (Å²) in [5.74, 6) is -0.849. The Morgan fingerprint density at radius 3 is 2.50 bits per heavy atom. The summed E-state index contributed by atoms with van der Waals surface area (Å²) in [4.78, 5) is 25.8. The summed E-state index contributed by atoms with van der Waals surface area (Å²) in [5.41, 5.74) is 0. The Morgan fingerprint density at radius 1 is 1.31 bits per heavy atom. The molecule has 0 atom stereocenters. The summed E-state index contributed by atoms with van der Waals surface area (Å²) in [5, 5.41) is 8.59. The van der Waals surface area contributed by atoms with Crippen LogP contribution in [0, 0.1) is 0 Å². The second-order valence-corrected chi connectivity index (χ2v) is 4.11. The Hall–Kier alpha value is -1.26. The number of rotatable bonds is 6. The lowest BCUT2D eigenvalue weighted by molar-refractivity contribution is -0.137. The molecule has 5 heteroatoms. The fourth-order valence-electron chi connectivity index (χ4n) is 1.84. The van der Waals surface area contributed by atoms with E-state index in [1.165, 1.54) is 0 Å². The molecule has 0 aromatic heterocycles. The molecule has 0 spiro atoms. The second kappa shape index (κ2) is 6.35. The maximum Gasteiger partial charge on any atom is 0.320 e. The lowest BCUT2D eigenvalue weighted by Crippen LogP contribution is -2.50. The van der Waals surface area contributed by atoms with Crippen LogP contribution in [0.25, 0.3) is 0 Å². The second-order valence-electron chi connectivity index (χ2n) is 4.11. The Morgan fingerprint density at radius 2 is 1.94 bits per heavy atom. The van der Waals surface area contributed by atoms with Gasteiger partial charge in [0.05, 0.1) is 6.42 Å². The van der Waals surface area contributed by atoms with Crippen LogP contribution < -0.4 is 0 Å². The Labute approximate surface area is 96.0 Å². The molecule has 1 N–H and O–H groups in total. The van der Waals surface area contributed by atoms with E-state index >= 15 is 0 Å². The van der Waals surface area contributed by atoms with E-state index in [0.717, 1.165) is 32.4 Å². The maximum atomic E-state index is 11.9. The number of aliphatic carboxylic acids is 1. The molecular formula is C11H20N2O3. The van der Waals surface area contributed by atoms with Crippen LogP contribution in [0.1, 0.15) is 32.6 Å². The van der Waals surface area contributed by atoms with Crippen LogP contribution in [0.4, 0.5) is 4.79 Å². The first-order valence-electron chi connectivity index (χ1n) is 5.90. The summed E-state index contributed by atoms with van der Waals surface area (Å²) in [6, 6.07) is 0.000880. The van der Waals surface area contributed by atoms with Crippen molar-refractivity contribution in [3.05, 3.63) is 0 Å². The Kier molecular flexibility index (Phi) is 5.08. The van der Waals surface area contributed by atoms with Crippen LogP contribution in [0.5, 0.6) is 0 Å². The monoisotopic (exact) mass is 228 g/mol. The van der Waals surface area contributed by atoms with Crippen molar-refractivity contribution in [1.82, 2.24) is 9.80 Å². The van der Waals surface area contributed by atoms with Crippen LogP contribution in [0.2, 0.25) is 0 Å². The molecule has 0 aromatic rings. The van der Waals surface area contributed by atoms with Crippen molar-refractivity contribution in [3.8, 4) is 0 Å². The van der Waals surface area contributed by atoms with Crippen molar-refractivity contribution in [2.24, 2.45) is 0 Å². The molecule has 0 bridgehead atoms. The van der Waals surface area contributed by atoms with Crippen molar-refractivity contribution in [1.29, 1.82) is 0 Å². The third-order valence-electron chi connectivity index (χ3n) is 2.77. The summed E-state index contributed by atoms with van der Waals surface area (Å²) in [7, 11) is 0. The van der Waals surface area contributed by atoms with Crippen molar-refractivity contribution in [3.63, 3.8) is 0 Å². The smallest absolute Gasteiger partial charge is 0.320 e. The minimum atomic E-state index is -0.849. The van der Waals surface area contributed by atoms with Crippen LogP contribution in [-0.4, -0.2) is 53.1 Å². The average Bonchev–Trinajstić information content (AvgIpc) is 2.26. The molecule has 1 rings (SSSR count). The third-order valence-corrected chi connectivity index (χ3v) is 2.77. The van der Waals surface area contributed by atoms with Crippen molar-refractivity contribution in [2.45, 2.75) is 32.6 Å². The number of nitrogens with zero attached hydrogens (tertiary/aromatic N) is 2. The highest BCUT2D eigenvalue weighted by molar-refractivity contribution is 5.76. The van der Waals surface area contributed by atoms with Crippen LogP contribution >= 0.6 is 0 Å².